The summed E-state index contributed by atoms with van der Waals surface area (Å²) < 4.78 is 28.7. The third kappa shape index (κ3) is 9.65. The molecule has 0 bridgehead atoms. The molecule has 0 fully saturated rings. The van der Waals surface area contributed by atoms with Crippen molar-refractivity contribution in [2.45, 2.75) is 39.0 Å². The van der Waals surface area contributed by atoms with Crippen molar-refractivity contribution in [3.05, 3.63) is 11.5 Å². The van der Waals surface area contributed by atoms with Crippen molar-refractivity contribution in [3.63, 3.8) is 0 Å². The van der Waals surface area contributed by atoms with E-state index in [-0.39, 0.29) is 0 Å². The molecule has 12 heavy (non-hydrogen) atoms. The second kappa shape index (κ2) is 6.20. The van der Waals surface area contributed by atoms with E-state index in [1.807, 2.05) is 0 Å². The second-order valence-electron chi connectivity index (χ2n) is 2.74. The third-order valence-corrected chi connectivity index (χ3v) is 2.03. The van der Waals surface area contributed by atoms with Crippen LogP contribution in [0.1, 0.15) is 39.0 Å². The Balaban J connectivity index is 3.38. The van der Waals surface area contributed by atoms with Crippen LogP contribution in [-0.4, -0.2) is 13.0 Å². The van der Waals surface area contributed by atoms with Crippen molar-refractivity contribution in [1.82, 2.24) is 0 Å². The molecule has 0 unspecified atom stereocenters. The molecular weight excluding hydrogens is 176 g/mol. The van der Waals surface area contributed by atoms with Gasteiger partial charge in [-0.05, 0) is 12.8 Å². The highest BCUT2D eigenvalue weighted by molar-refractivity contribution is 7.88. The molecule has 0 amide bonds. The van der Waals surface area contributed by atoms with Crippen LogP contribution in [0.5, 0.6) is 0 Å². The first-order valence-electron chi connectivity index (χ1n) is 4.20. The van der Waals surface area contributed by atoms with Crippen LogP contribution in [0.3, 0.4) is 0 Å². The quantitative estimate of drug-likeness (QED) is 0.519. The van der Waals surface area contributed by atoms with Crippen molar-refractivity contribution in [2.24, 2.45) is 0 Å². The first kappa shape index (κ1) is 11.6. The molecule has 0 rings (SSSR count). The molecule has 0 aliphatic carbocycles. The Labute approximate surface area is 74.2 Å². The molecule has 0 aromatic carbocycles. The van der Waals surface area contributed by atoms with Gasteiger partial charge in [-0.15, -0.1) is 0 Å². The molecule has 3 nitrogen and oxygen atoms in total. The lowest BCUT2D eigenvalue weighted by Gasteiger charge is -1.93. The predicted octanol–water partition coefficient (Wildman–Crippen LogP) is 2.36. The van der Waals surface area contributed by atoms with Gasteiger partial charge < -0.3 is 0 Å². The maximum atomic E-state index is 10.2. The number of hydrogen-bond donors (Lipinski definition) is 1. The highest BCUT2D eigenvalue weighted by atomic mass is 32.2. The summed E-state index contributed by atoms with van der Waals surface area (Å²) in [5.74, 6) is 0. The van der Waals surface area contributed by atoms with Gasteiger partial charge >= 0.3 is 0 Å². The Bertz CT molecular complexity index is 216. The number of rotatable bonds is 6. The fraction of sp³-hybridized carbons (Fsp3) is 0.750. The Morgan fingerprint density at radius 2 is 1.92 bits per heavy atom. The van der Waals surface area contributed by atoms with Gasteiger partial charge in [0.25, 0.3) is 10.1 Å². The van der Waals surface area contributed by atoms with Gasteiger partial charge in [-0.3, -0.25) is 4.55 Å². The van der Waals surface area contributed by atoms with E-state index in [1.165, 1.54) is 18.9 Å². The van der Waals surface area contributed by atoms with E-state index in [1.54, 1.807) is 0 Å². The van der Waals surface area contributed by atoms with Crippen molar-refractivity contribution in [3.8, 4) is 0 Å². The van der Waals surface area contributed by atoms with Gasteiger partial charge in [0.15, 0.2) is 0 Å². The van der Waals surface area contributed by atoms with E-state index in [2.05, 4.69) is 6.92 Å². The van der Waals surface area contributed by atoms with Gasteiger partial charge in [0, 0.05) is 0 Å². The minimum Gasteiger partial charge on any atom is -0.282 e. The fourth-order valence-electron chi connectivity index (χ4n) is 0.879. The van der Waals surface area contributed by atoms with E-state index in [0.29, 0.717) is 0 Å². The highest BCUT2D eigenvalue weighted by Gasteiger charge is 1.93. The lowest BCUT2D eigenvalue weighted by molar-refractivity contribution is 0.494. The van der Waals surface area contributed by atoms with Crippen molar-refractivity contribution >= 4 is 10.1 Å². The average Bonchev–Trinajstić information content (AvgIpc) is 1.94. The summed E-state index contributed by atoms with van der Waals surface area (Å²) in [5.41, 5.74) is 0. The summed E-state index contributed by atoms with van der Waals surface area (Å²) in [6.07, 6.45) is 6.67. The van der Waals surface area contributed by atoms with E-state index >= 15 is 0 Å². The van der Waals surface area contributed by atoms with Crippen LogP contribution < -0.4 is 0 Å². The molecule has 0 saturated heterocycles. The van der Waals surface area contributed by atoms with Gasteiger partial charge in [0.2, 0.25) is 0 Å². The maximum absolute atomic E-state index is 10.2. The summed E-state index contributed by atoms with van der Waals surface area (Å²) in [5, 5.41) is 0.846. The molecule has 0 atom stereocenters. The molecule has 0 aliphatic heterocycles. The van der Waals surface area contributed by atoms with E-state index in [9.17, 15) is 8.42 Å². The maximum Gasteiger partial charge on any atom is 0.287 e. The van der Waals surface area contributed by atoms with Crippen LogP contribution in [0.4, 0.5) is 0 Å². The van der Waals surface area contributed by atoms with Crippen LogP contribution in [0, 0.1) is 0 Å². The molecule has 0 heterocycles. The van der Waals surface area contributed by atoms with Crippen molar-refractivity contribution in [1.29, 1.82) is 0 Å². The van der Waals surface area contributed by atoms with Gasteiger partial charge in [0.1, 0.15) is 0 Å². The zero-order valence-electron chi connectivity index (χ0n) is 7.36. The lowest BCUT2D eigenvalue weighted by atomic mass is 10.2. The first-order valence-corrected chi connectivity index (χ1v) is 5.70. The SMILES string of the molecule is CCCCCC/C=C/S(=O)(=O)O. The van der Waals surface area contributed by atoms with Crippen LogP contribution >= 0.6 is 0 Å². The molecule has 0 saturated carbocycles. The second-order valence-corrected chi connectivity index (χ2v) is 4.04. The number of unbranched alkanes of at least 4 members (excludes halogenated alkanes) is 4. The summed E-state index contributed by atoms with van der Waals surface area (Å²) in [6, 6.07) is 0. The monoisotopic (exact) mass is 192 g/mol. The van der Waals surface area contributed by atoms with E-state index < -0.39 is 10.1 Å². The molecule has 72 valence electrons. The molecule has 1 N–H and O–H groups in total. The van der Waals surface area contributed by atoms with Crippen LogP contribution in [0.15, 0.2) is 11.5 Å². The number of hydrogen-bond acceptors (Lipinski definition) is 2. The average molecular weight is 192 g/mol. The Hall–Kier alpha value is -0.350. The minimum atomic E-state index is -3.90. The summed E-state index contributed by atoms with van der Waals surface area (Å²) >= 11 is 0. The van der Waals surface area contributed by atoms with E-state index in [4.69, 9.17) is 4.55 Å². The lowest BCUT2D eigenvalue weighted by Crippen LogP contribution is -1.88. The largest absolute Gasteiger partial charge is 0.287 e. The molecule has 0 aromatic heterocycles. The zero-order valence-corrected chi connectivity index (χ0v) is 8.18. The third-order valence-electron chi connectivity index (χ3n) is 1.49. The molecule has 0 spiro atoms. The summed E-state index contributed by atoms with van der Waals surface area (Å²) in [7, 11) is -3.90. The Kier molecular flexibility index (Phi) is 6.02. The molecule has 0 aromatic rings. The molecule has 0 aliphatic rings. The van der Waals surface area contributed by atoms with Crippen LogP contribution in [0.25, 0.3) is 0 Å². The topological polar surface area (TPSA) is 54.4 Å². The Morgan fingerprint density at radius 3 is 2.42 bits per heavy atom. The highest BCUT2D eigenvalue weighted by Crippen LogP contribution is 2.03. The predicted molar refractivity (Wildman–Crippen MR) is 49.4 cm³/mol. The van der Waals surface area contributed by atoms with E-state index in [0.717, 1.165) is 24.7 Å². The zero-order chi connectivity index (χ0) is 9.45. The molecular formula is C8H16O3S. The number of allylic oxidation sites excluding steroid dienone is 1. The van der Waals surface area contributed by atoms with Crippen LogP contribution in [0.2, 0.25) is 0 Å². The Morgan fingerprint density at radius 1 is 1.25 bits per heavy atom. The molecule has 0 radical (unpaired) electrons. The normalized spacial score (nSPS) is 12.5. The van der Waals surface area contributed by atoms with Crippen LogP contribution in [-0.2, 0) is 10.1 Å². The minimum absolute atomic E-state index is 0.722. The smallest absolute Gasteiger partial charge is 0.282 e. The van der Waals surface area contributed by atoms with Gasteiger partial charge in [-0.1, -0.05) is 32.3 Å². The summed E-state index contributed by atoms with van der Waals surface area (Å²) in [4.78, 5) is 0. The van der Waals surface area contributed by atoms with Gasteiger partial charge in [0.05, 0.1) is 5.41 Å². The van der Waals surface area contributed by atoms with Crippen molar-refractivity contribution in [2.75, 3.05) is 0 Å². The standard InChI is InChI=1S/C8H16O3S/c1-2-3-4-5-6-7-8-12(9,10)11/h7-8H,2-6H2,1H3,(H,9,10,11)/b8-7+. The van der Waals surface area contributed by atoms with Crippen molar-refractivity contribution < 1.29 is 13.0 Å². The summed E-state index contributed by atoms with van der Waals surface area (Å²) in [6.45, 7) is 2.12. The first-order chi connectivity index (χ1) is 5.56. The van der Waals surface area contributed by atoms with Gasteiger partial charge in [-0.25, -0.2) is 0 Å². The molecule has 4 heteroatoms. The van der Waals surface area contributed by atoms with Gasteiger partial charge in [-0.2, -0.15) is 8.42 Å². The fourth-order valence-corrected chi connectivity index (χ4v) is 1.26.